The molecule has 0 aromatic carbocycles. The Morgan fingerprint density at radius 1 is 1.36 bits per heavy atom. The van der Waals surface area contributed by atoms with Crippen molar-refractivity contribution in [2.45, 2.75) is 32.7 Å². The van der Waals surface area contributed by atoms with Crippen LogP contribution in [0.25, 0.3) is 0 Å². The van der Waals surface area contributed by atoms with Crippen molar-refractivity contribution in [3.8, 4) is 0 Å². The minimum Gasteiger partial charge on any atom is -0.311 e. The summed E-state index contributed by atoms with van der Waals surface area (Å²) in [6.45, 7) is 4.25. The third-order valence-corrected chi connectivity index (χ3v) is 2.57. The molecule has 11 heavy (non-hydrogen) atoms. The summed E-state index contributed by atoms with van der Waals surface area (Å²) in [5.41, 5.74) is 0. The van der Waals surface area contributed by atoms with Crippen molar-refractivity contribution in [1.29, 1.82) is 0 Å². The second kappa shape index (κ2) is 3.35. The van der Waals surface area contributed by atoms with Gasteiger partial charge in [-0.3, -0.25) is 4.79 Å². The van der Waals surface area contributed by atoms with Gasteiger partial charge in [-0.05, 0) is 25.8 Å². The molecule has 0 aromatic rings. The largest absolute Gasteiger partial charge is 0.311 e. The quantitative estimate of drug-likeness (QED) is 0.616. The molecule has 1 rings (SSSR count). The zero-order chi connectivity index (χ0) is 8.43. The summed E-state index contributed by atoms with van der Waals surface area (Å²) in [5.74, 6) is 1.35. The van der Waals surface area contributed by atoms with Gasteiger partial charge < -0.3 is 5.32 Å². The number of rotatable bonds is 1. The highest BCUT2D eigenvalue weighted by molar-refractivity contribution is 5.86. The fourth-order valence-electron chi connectivity index (χ4n) is 1.94. The number of hydrogen-bond donors (Lipinski definition) is 1. The van der Waals surface area contributed by atoms with Gasteiger partial charge in [-0.2, -0.15) is 0 Å². The summed E-state index contributed by atoms with van der Waals surface area (Å²) >= 11 is 0. The molecule has 0 radical (unpaired) electrons. The third-order valence-electron chi connectivity index (χ3n) is 2.57. The fraction of sp³-hybridized carbons (Fsp3) is 0.889. The Morgan fingerprint density at radius 2 is 2.00 bits per heavy atom. The maximum absolute atomic E-state index is 11.4. The molecular weight excluding hydrogens is 138 g/mol. The standard InChI is InChI=1S/C9H17NO/c1-6-4-7(2)9(11)8(5-6)10-3/h6-8,10H,4-5H2,1-3H3. The Labute approximate surface area is 68.4 Å². The van der Waals surface area contributed by atoms with E-state index in [1.165, 1.54) is 0 Å². The van der Waals surface area contributed by atoms with Crippen LogP contribution >= 0.6 is 0 Å². The number of Topliss-reactive ketones (excluding diaryl/α,β-unsaturated/α-hetero) is 1. The number of likely N-dealkylation sites (N-methyl/N-ethyl adjacent to an activating group) is 1. The minimum atomic E-state index is 0.119. The number of carbonyl (C=O) groups is 1. The summed E-state index contributed by atoms with van der Waals surface area (Å²) in [6.07, 6.45) is 2.08. The molecule has 0 heterocycles. The van der Waals surface area contributed by atoms with Crippen LogP contribution < -0.4 is 5.32 Å². The molecule has 1 aliphatic carbocycles. The predicted octanol–water partition coefficient (Wildman–Crippen LogP) is 1.21. The molecule has 2 heteroatoms. The summed E-state index contributed by atoms with van der Waals surface area (Å²) in [7, 11) is 1.87. The van der Waals surface area contributed by atoms with Gasteiger partial charge in [0.05, 0.1) is 6.04 Å². The van der Waals surface area contributed by atoms with Gasteiger partial charge in [-0.25, -0.2) is 0 Å². The predicted molar refractivity (Wildman–Crippen MR) is 45.4 cm³/mol. The fourth-order valence-corrected chi connectivity index (χ4v) is 1.94. The molecular formula is C9H17NO. The molecule has 2 nitrogen and oxygen atoms in total. The van der Waals surface area contributed by atoms with E-state index in [0.29, 0.717) is 11.7 Å². The zero-order valence-electron chi connectivity index (χ0n) is 7.55. The molecule has 1 fully saturated rings. The smallest absolute Gasteiger partial charge is 0.152 e. The van der Waals surface area contributed by atoms with Crippen molar-refractivity contribution in [2.75, 3.05) is 7.05 Å². The monoisotopic (exact) mass is 155 g/mol. The SMILES string of the molecule is CNC1CC(C)CC(C)C1=O. The van der Waals surface area contributed by atoms with Crippen molar-refractivity contribution in [3.63, 3.8) is 0 Å². The number of hydrogen-bond acceptors (Lipinski definition) is 2. The lowest BCUT2D eigenvalue weighted by Gasteiger charge is -2.29. The van der Waals surface area contributed by atoms with E-state index < -0.39 is 0 Å². The molecule has 0 amide bonds. The van der Waals surface area contributed by atoms with Gasteiger partial charge in [0.15, 0.2) is 5.78 Å². The van der Waals surface area contributed by atoms with Gasteiger partial charge in [0, 0.05) is 5.92 Å². The molecule has 0 aromatic heterocycles. The number of nitrogens with one attached hydrogen (secondary N) is 1. The lowest BCUT2D eigenvalue weighted by molar-refractivity contribution is -0.127. The van der Waals surface area contributed by atoms with Gasteiger partial charge in [-0.15, -0.1) is 0 Å². The second-order valence-corrected chi connectivity index (χ2v) is 3.72. The van der Waals surface area contributed by atoms with E-state index in [1.54, 1.807) is 0 Å². The Kier molecular flexibility index (Phi) is 2.66. The first kappa shape index (κ1) is 8.72. The Morgan fingerprint density at radius 3 is 2.55 bits per heavy atom. The first-order valence-electron chi connectivity index (χ1n) is 4.36. The second-order valence-electron chi connectivity index (χ2n) is 3.72. The van der Waals surface area contributed by atoms with Crippen LogP contribution in [0.2, 0.25) is 0 Å². The van der Waals surface area contributed by atoms with E-state index >= 15 is 0 Å². The van der Waals surface area contributed by atoms with E-state index in [4.69, 9.17) is 0 Å². The van der Waals surface area contributed by atoms with Crippen molar-refractivity contribution >= 4 is 5.78 Å². The highest BCUT2D eigenvalue weighted by Crippen LogP contribution is 2.25. The van der Waals surface area contributed by atoms with Crippen molar-refractivity contribution in [3.05, 3.63) is 0 Å². The topological polar surface area (TPSA) is 29.1 Å². The first-order valence-corrected chi connectivity index (χ1v) is 4.36. The van der Waals surface area contributed by atoms with Gasteiger partial charge in [0.25, 0.3) is 0 Å². The number of ketones is 1. The van der Waals surface area contributed by atoms with Crippen LogP contribution in [0.15, 0.2) is 0 Å². The van der Waals surface area contributed by atoms with Crippen molar-refractivity contribution in [2.24, 2.45) is 11.8 Å². The maximum Gasteiger partial charge on any atom is 0.152 e. The van der Waals surface area contributed by atoms with E-state index in [-0.39, 0.29) is 12.0 Å². The van der Waals surface area contributed by atoms with Crippen LogP contribution in [0.5, 0.6) is 0 Å². The minimum absolute atomic E-state index is 0.119. The summed E-state index contributed by atoms with van der Waals surface area (Å²) in [5, 5.41) is 3.06. The molecule has 3 atom stereocenters. The Balaban J connectivity index is 2.59. The molecule has 0 spiro atoms. The molecule has 1 saturated carbocycles. The Hall–Kier alpha value is -0.370. The van der Waals surface area contributed by atoms with Gasteiger partial charge >= 0.3 is 0 Å². The number of carbonyl (C=O) groups excluding carboxylic acids is 1. The highest BCUT2D eigenvalue weighted by atomic mass is 16.1. The lowest BCUT2D eigenvalue weighted by atomic mass is 9.79. The van der Waals surface area contributed by atoms with E-state index in [1.807, 2.05) is 14.0 Å². The van der Waals surface area contributed by atoms with Crippen LogP contribution in [-0.4, -0.2) is 18.9 Å². The van der Waals surface area contributed by atoms with Crippen molar-refractivity contribution in [1.82, 2.24) is 5.32 Å². The van der Waals surface area contributed by atoms with Crippen LogP contribution in [0, 0.1) is 11.8 Å². The molecule has 3 unspecified atom stereocenters. The summed E-state index contributed by atoms with van der Waals surface area (Å²) in [6, 6.07) is 0.119. The first-order chi connectivity index (χ1) is 5.15. The Bertz CT molecular complexity index is 156. The van der Waals surface area contributed by atoms with Crippen LogP contribution in [0.4, 0.5) is 0 Å². The molecule has 0 aliphatic heterocycles. The third kappa shape index (κ3) is 1.80. The van der Waals surface area contributed by atoms with Gasteiger partial charge in [0.2, 0.25) is 0 Å². The molecule has 64 valence electrons. The summed E-state index contributed by atoms with van der Waals surface area (Å²) in [4.78, 5) is 11.4. The van der Waals surface area contributed by atoms with Crippen molar-refractivity contribution < 1.29 is 4.79 Å². The molecule has 1 aliphatic rings. The van der Waals surface area contributed by atoms with E-state index in [2.05, 4.69) is 12.2 Å². The van der Waals surface area contributed by atoms with Gasteiger partial charge in [0.1, 0.15) is 0 Å². The average molecular weight is 155 g/mol. The normalized spacial score (nSPS) is 39.2. The zero-order valence-corrected chi connectivity index (χ0v) is 7.55. The maximum atomic E-state index is 11.4. The van der Waals surface area contributed by atoms with Gasteiger partial charge in [-0.1, -0.05) is 13.8 Å². The highest BCUT2D eigenvalue weighted by Gasteiger charge is 2.30. The molecule has 0 bridgehead atoms. The van der Waals surface area contributed by atoms with Crippen LogP contribution in [0.1, 0.15) is 26.7 Å². The summed E-state index contributed by atoms with van der Waals surface area (Å²) < 4.78 is 0. The molecule has 0 saturated heterocycles. The van der Waals surface area contributed by atoms with Crippen LogP contribution in [0.3, 0.4) is 0 Å². The lowest BCUT2D eigenvalue weighted by Crippen LogP contribution is -2.43. The molecule has 1 N–H and O–H groups in total. The average Bonchev–Trinajstić information content (AvgIpc) is 1.96. The van der Waals surface area contributed by atoms with E-state index in [9.17, 15) is 4.79 Å². The van der Waals surface area contributed by atoms with Crippen LogP contribution in [-0.2, 0) is 4.79 Å². The van der Waals surface area contributed by atoms with E-state index in [0.717, 1.165) is 12.8 Å².